The molecule has 2 unspecified atom stereocenters. The minimum atomic E-state index is -0.557. The van der Waals surface area contributed by atoms with Crippen LogP contribution in [0.25, 0.3) is 31.7 Å². The number of nitro benzene ring substituents is 1. The number of halogens is 2. The quantitative estimate of drug-likeness (QED) is 0.0218. The van der Waals surface area contributed by atoms with E-state index in [0.29, 0.717) is 40.6 Å². The lowest BCUT2D eigenvalue weighted by molar-refractivity contribution is -0.383. The van der Waals surface area contributed by atoms with E-state index in [2.05, 4.69) is 79.6 Å². The molecule has 2 atom stereocenters. The van der Waals surface area contributed by atoms with Crippen molar-refractivity contribution in [1.29, 1.82) is 0 Å². The smallest absolute Gasteiger partial charge is 0.292 e. The van der Waals surface area contributed by atoms with Crippen LogP contribution in [0, 0.1) is 21.7 Å². The highest BCUT2D eigenvalue weighted by Crippen LogP contribution is 2.30. The molecule has 354 valence electrons. The maximum absolute atomic E-state index is 13.9. The third kappa shape index (κ3) is 13.0. The molecule has 1 amide bonds. The van der Waals surface area contributed by atoms with Crippen molar-refractivity contribution < 1.29 is 18.5 Å². The molecular weight excluding hydrogens is 927 g/mol. The van der Waals surface area contributed by atoms with Crippen molar-refractivity contribution in [3.8, 4) is 0 Å². The van der Waals surface area contributed by atoms with Crippen molar-refractivity contribution in [2.24, 2.45) is 5.73 Å². The van der Waals surface area contributed by atoms with E-state index >= 15 is 0 Å². The van der Waals surface area contributed by atoms with Gasteiger partial charge < -0.3 is 32.0 Å². The zero-order valence-corrected chi connectivity index (χ0v) is 38.9. The number of nitrogens with one attached hydrogen (secondary N) is 5. The summed E-state index contributed by atoms with van der Waals surface area (Å²) in [5, 5.41) is 24.5. The first-order chi connectivity index (χ1) is 33.5. The van der Waals surface area contributed by atoms with Crippen molar-refractivity contribution in [1.82, 2.24) is 55.2 Å². The van der Waals surface area contributed by atoms with Crippen LogP contribution >= 0.6 is 22.7 Å². The fraction of sp³-hybridized carbons (Fsp3) is 0.217. The average molecular weight is 973 g/mol. The minimum absolute atomic E-state index is 0.136. The van der Waals surface area contributed by atoms with E-state index in [9.17, 15) is 23.7 Å². The standard InChI is InChI=1S/C23H23FN8S.C14H15FN6S.C9H8N2O3/c1-14(11-25-10-8-19-30-16-6-2-3-7-17(16)31-19)22-32-20-21(28-13-29-23(20)33-22)27-12-18-15(24)5-4-9-26-18;1-8(5-16)13-21-11-12(19-7-20-14(11)22-13)18-6-10-9(15)3-2-4-17-10;1-2-9(12)10-7-5-3-4-6-8(7)11(13)14/h2-7,9,13-14,25H,8,10-12H2,1H3,(H,30,31)(H,27,28,29);2-4,7-8H,5-6,16H2,1H3,(H,18,19,20);2-6H,1H2,(H,10,12). The van der Waals surface area contributed by atoms with Gasteiger partial charge in [0.25, 0.3) is 5.69 Å². The van der Waals surface area contributed by atoms with E-state index in [0.717, 1.165) is 62.1 Å². The summed E-state index contributed by atoms with van der Waals surface area (Å²) in [6.45, 7) is 9.99. The monoisotopic (exact) mass is 972 g/mol. The lowest BCUT2D eigenvalue weighted by atomic mass is 10.2. The number of thiazole rings is 2. The molecule has 69 heavy (non-hydrogen) atoms. The van der Waals surface area contributed by atoms with Crippen molar-refractivity contribution in [3.05, 3.63) is 159 Å². The van der Waals surface area contributed by atoms with Crippen molar-refractivity contribution in [3.63, 3.8) is 0 Å². The van der Waals surface area contributed by atoms with Crippen LogP contribution in [-0.2, 0) is 24.3 Å². The summed E-state index contributed by atoms with van der Waals surface area (Å²) < 4.78 is 27.5. The number of aromatic nitrogens is 10. The molecule has 0 saturated heterocycles. The number of hydrogen-bond acceptors (Lipinski definition) is 18. The van der Waals surface area contributed by atoms with Gasteiger partial charge in [0, 0.05) is 56.4 Å². The molecule has 19 nitrogen and oxygen atoms in total. The minimum Gasteiger partial charge on any atom is -0.362 e. The van der Waals surface area contributed by atoms with Gasteiger partial charge in [-0.2, -0.15) is 0 Å². The first-order valence-electron chi connectivity index (χ1n) is 21.4. The van der Waals surface area contributed by atoms with Gasteiger partial charge in [-0.1, -0.05) is 67.4 Å². The molecule has 7 N–H and O–H groups in total. The molecule has 0 aliphatic carbocycles. The van der Waals surface area contributed by atoms with Gasteiger partial charge in [-0.25, -0.2) is 43.7 Å². The van der Waals surface area contributed by atoms with Gasteiger partial charge in [0.2, 0.25) is 5.91 Å². The van der Waals surface area contributed by atoms with E-state index in [-0.39, 0.29) is 47.9 Å². The predicted molar refractivity (Wildman–Crippen MR) is 264 cm³/mol. The number of rotatable bonds is 17. The van der Waals surface area contributed by atoms with E-state index in [4.69, 9.17) is 10.7 Å². The summed E-state index contributed by atoms with van der Waals surface area (Å²) in [5.74, 6) is 1.33. The Labute approximate surface area is 401 Å². The molecule has 0 bridgehead atoms. The molecule has 0 aliphatic rings. The number of pyridine rings is 2. The largest absolute Gasteiger partial charge is 0.362 e. The van der Waals surface area contributed by atoms with Crippen molar-refractivity contribution >= 4 is 83.3 Å². The Balaban J connectivity index is 0.000000168. The van der Waals surface area contributed by atoms with E-state index < -0.39 is 10.8 Å². The van der Waals surface area contributed by atoms with Crippen molar-refractivity contribution in [2.45, 2.75) is 45.2 Å². The topological polar surface area (TPSA) is 266 Å². The van der Waals surface area contributed by atoms with Gasteiger partial charge in [0.15, 0.2) is 11.6 Å². The van der Waals surface area contributed by atoms with Crippen LogP contribution in [0.3, 0.4) is 0 Å². The molecule has 7 heterocycles. The third-order valence-corrected chi connectivity index (χ3v) is 12.5. The molecule has 0 spiro atoms. The maximum Gasteiger partial charge on any atom is 0.292 e. The fourth-order valence-electron chi connectivity index (χ4n) is 6.41. The number of aromatic amines is 1. The molecule has 2 aromatic carbocycles. The number of imidazole rings is 1. The Morgan fingerprint density at radius 1 is 0.797 bits per heavy atom. The number of carbonyl (C=O) groups is 1. The summed E-state index contributed by atoms with van der Waals surface area (Å²) in [7, 11) is 0. The second kappa shape index (κ2) is 23.7. The lowest BCUT2D eigenvalue weighted by Crippen LogP contribution is -2.22. The number of benzene rings is 2. The maximum atomic E-state index is 13.9. The zero-order chi connectivity index (χ0) is 48.7. The van der Waals surface area contributed by atoms with Crippen molar-refractivity contribution in [2.75, 3.05) is 35.6 Å². The third-order valence-electron chi connectivity index (χ3n) is 10.1. The number of fused-ring (bicyclic) bond motifs is 3. The highest BCUT2D eigenvalue weighted by Gasteiger charge is 2.18. The molecule has 0 fully saturated rings. The molecule has 7 aromatic heterocycles. The highest BCUT2D eigenvalue weighted by atomic mass is 32.1. The SMILES string of the molecule is C=CC(=O)Nc1ccccc1[N+](=O)[O-].CC(CN)c1nc2c(NCc3ncccc3F)ncnc2s1.CC(CNCCc1nc2ccccc2[nH]1)c1nc2c(NCc3ncccc3F)ncnc2s1. The van der Waals surface area contributed by atoms with Crippen LogP contribution in [0.15, 0.2) is 110 Å². The Morgan fingerprint density at radius 2 is 1.38 bits per heavy atom. The zero-order valence-electron chi connectivity index (χ0n) is 37.3. The Kier molecular flexibility index (Phi) is 16.9. The number of nitrogens with two attached hydrogens (primary N) is 1. The Hall–Kier alpha value is -7.86. The summed E-state index contributed by atoms with van der Waals surface area (Å²) >= 11 is 3.05. The highest BCUT2D eigenvalue weighted by molar-refractivity contribution is 7.18. The first-order valence-corrected chi connectivity index (χ1v) is 23.0. The van der Waals surface area contributed by atoms with Crippen LogP contribution < -0.4 is 27.0 Å². The second-order valence-corrected chi connectivity index (χ2v) is 17.1. The van der Waals surface area contributed by atoms with Crippen LogP contribution in [0.1, 0.15) is 52.9 Å². The molecular formula is C46H46F2N16O3S2. The van der Waals surface area contributed by atoms with Crippen LogP contribution in [-0.4, -0.2) is 80.3 Å². The molecule has 0 saturated carbocycles. The number of nitro groups is 1. The van der Waals surface area contributed by atoms with E-state index in [1.807, 2.05) is 31.2 Å². The predicted octanol–water partition coefficient (Wildman–Crippen LogP) is 8.06. The Bertz CT molecular complexity index is 3150. The fourth-order valence-corrected chi connectivity index (χ4v) is 8.34. The summed E-state index contributed by atoms with van der Waals surface area (Å²) in [4.78, 5) is 64.9. The van der Waals surface area contributed by atoms with Crippen LogP contribution in [0.2, 0.25) is 0 Å². The summed E-state index contributed by atoms with van der Waals surface area (Å²) in [5.41, 5.74) is 9.81. The number of nitrogens with zero attached hydrogens (tertiary/aromatic N) is 10. The van der Waals surface area contributed by atoms with Gasteiger partial charge in [-0.15, -0.1) is 0 Å². The molecule has 9 rings (SSSR count). The van der Waals surface area contributed by atoms with E-state index in [1.165, 1.54) is 54.3 Å². The Morgan fingerprint density at radius 3 is 1.94 bits per heavy atom. The molecule has 23 heteroatoms. The van der Waals surface area contributed by atoms with Gasteiger partial charge in [-0.3, -0.25) is 24.9 Å². The normalized spacial score (nSPS) is 11.8. The number of anilines is 3. The number of carbonyl (C=O) groups excluding carboxylic acids is 1. The molecule has 0 aliphatic heterocycles. The van der Waals surface area contributed by atoms with Gasteiger partial charge in [-0.05, 0) is 48.5 Å². The number of hydrogen-bond donors (Lipinski definition) is 6. The van der Waals surface area contributed by atoms with Crippen LogP contribution in [0.4, 0.5) is 31.8 Å². The number of H-pyrrole nitrogens is 1. The molecule has 9 aromatic rings. The second-order valence-electron chi connectivity index (χ2n) is 15.1. The van der Waals surface area contributed by atoms with Gasteiger partial charge in [0.1, 0.15) is 56.5 Å². The van der Waals surface area contributed by atoms with Gasteiger partial charge >= 0.3 is 0 Å². The average Bonchev–Trinajstić information content (AvgIpc) is 4.13. The van der Waals surface area contributed by atoms with Crippen LogP contribution in [0.5, 0.6) is 0 Å². The number of amides is 1. The summed E-state index contributed by atoms with van der Waals surface area (Å²) in [6, 6.07) is 19.9. The van der Waals surface area contributed by atoms with Gasteiger partial charge in [0.05, 0.1) is 50.4 Å². The van der Waals surface area contributed by atoms with E-state index in [1.54, 1.807) is 41.9 Å². The first kappa shape index (κ1) is 49.1. The lowest BCUT2D eigenvalue weighted by Gasteiger charge is -2.09. The summed E-state index contributed by atoms with van der Waals surface area (Å²) in [6.07, 6.45) is 7.97. The molecule has 0 radical (unpaired) electrons. The number of para-hydroxylation sites is 4.